The van der Waals surface area contributed by atoms with Crippen LogP contribution in [-0.2, 0) is 4.74 Å². The standard InChI is InChI=1S/C26H46O3/c1-24(2,27)13-5-6-19-8-10-23-22-9-7-18-16-26(28,17-29-4)15-12-20(18)21(22)11-14-25(19,23)3/h18-23,27-28H,5-17H2,1-4H3/t18-,19-,20-,21+,22+,23-,25+,26-/m0/s1. The molecule has 0 aromatic carbocycles. The number of ether oxygens (including phenoxy) is 1. The quantitative estimate of drug-likeness (QED) is 0.606. The molecule has 0 spiro atoms. The molecule has 29 heavy (non-hydrogen) atoms. The molecule has 0 bridgehead atoms. The van der Waals surface area contributed by atoms with E-state index in [-0.39, 0.29) is 0 Å². The molecular weight excluding hydrogens is 360 g/mol. The zero-order chi connectivity index (χ0) is 20.9. The van der Waals surface area contributed by atoms with Gasteiger partial charge in [-0.05, 0) is 125 Å². The SMILES string of the molecule is COC[C@]1(O)CC[C@H]2[C@@H](CC[C@@H]3[C@@H]2CC[C@]2(C)[C@@H](CCCC(C)(C)O)CC[C@@H]32)C1. The lowest BCUT2D eigenvalue weighted by atomic mass is 9.49. The topological polar surface area (TPSA) is 49.7 Å². The van der Waals surface area contributed by atoms with Gasteiger partial charge in [0, 0.05) is 7.11 Å². The third-order valence-corrected chi connectivity index (χ3v) is 10.1. The van der Waals surface area contributed by atoms with Gasteiger partial charge >= 0.3 is 0 Å². The van der Waals surface area contributed by atoms with Crippen molar-refractivity contribution in [2.45, 2.75) is 109 Å². The Bertz CT molecular complexity index is 569. The van der Waals surface area contributed by atoms with Crippen molar-refractivity contribution in [3.63, 3.8) is 0 Å². The summed E-state index contributed by atoms with van der Waals surface area (Å²) in [6.07, 6.45) is 14.9. The Hall–Kier alpha value is -0.120. The van der Waals surface area contributed by atoms with E-state index in [2.05, 4.69) is 6.92 Å². The van der Waals surface area contributed by atoms with Gasteiger partial charge in [0.2, 0.25) is 0 Å². The minimum Gasteiger partial charge on any atom is -0.390 e. The van der Waals surface area contributed by atoms with E-state index >= 15 is 0 Å². The Morgan fingerprint density at radius 3 is 2.45 bits per heavy atom. The molecule has 4 aliphatic carbocycles. The first-order chi connectivity index (χ1) is 13.7. The Kier molecular flexibility index (Phi) is 6.17. The van der Waals surface area contributed by atoms with E-state index in [1.807, 2.05) is 13.8 Å². The lowest BCUT2D eigenvalue weighted by molar-refractivity contribution is -0.124. The van der Waals surface area contributed by atoms with E-state index < -0.39 is 11.2 Å². The summed E-state index contributed by atoms with van der Waals surface area (Å²) in [4.78, 5) is 0. The lowest BCUT2D eigenvalue weighted by Crippen LogP contribution is -2.51. The van der Waals surface area contributed by atoms with Crippen molar-refractivity contribution >= 4 is 0 Å². The monoisotopic (exact) mass is 406 g/mol. The fourth-order valence-corrected chi connectivity index (χ4v) is 8.73. The molecular formula is C26H46O3. The Morgan fingerprint density at radius 1 is 0.966 bits per heavy atom. The van der Waals surface area contributed by atoms with E-state index in [0.29, 0.717) is 12.0 Å². The smallest absolute Gasteiger partial charge is 0.0882 e. The van der Waals surface area contributed by atoms with Crippen LogP contribution in [0.15, 0.2) is 0 Å². The van der Waals surface area contributed by atoms with Crippen molar-refractivity contribution < 1.29 is 14.9 Å². The molecule has 168 valence electrons. The highest BCUT2D eigenvalue weighted by atomic mass is 16.5. The molecule has 4 aliphatic rings. The summed E-state index contributed by atoms with van der Waals surface area (Å²) in [7, 11) is 1.72. The molecule has 0 unspecified atom stereocenters. The number of methoxy groups -OCH3 is 1. The summed E-state index contributed by atoms with van der Waals surface area (Å²) in [5.41, 5.74) is -0.537. The van der Waals surface area contributed by atoms with Gasteiger partial charge < -0.3 is 14.9 Å². The van der Waals surface area contributed by atoms with Gasteiger partial charge in [-0.2, -0.15) is 0 Å². The highest BCUT2D eigenvalue weighted by Crippen LogP contribution is 2.65. The van der Waals surface area contributed by atoms with E-state index in [9.17, 15) is 10.2 Å². The average Bonchev–Trinajstić information content (AvgIpc) is 2.97. The maximum atomic E-state index is 10.9. The van der Waals surface area contributed by atoms with Crippen LogP contribution in [0.3, 0.4) is 0 Å². The van der Waals surface area contributed by atoms with Crippen LogP contribution < -0.4 is 0 Å². The number of hydrogen-bond donors (Lipinski definition) is 2. The first kappa shape index (κ1) is 22.1. The van der Waals surface area contributed by atoms with Gasteiger partial charge in [-0.25, -0.2) is 0 Å². The normalized spacial score (nSPS) is 47.4. The predicted molar refractivity (Wildman–Crippen MR) is 118 cm³/mol. The fraction of sp³-hybridized carbons (Fsp3) is 1.00. The van der Waals surface area contributed by atoms with Crippen LogP contribution in [-0.4, -0.2) is 35.1 Å². The maximum Gasteiger partial charge on any atom is 0.0882 e. The van der Waals surface area contributed by atoms with E-state index in [1.165, 1.54) is 57.8 Å². The van der Waals surface area contributed by atoms with Crippen molar-refractivity contribution in [2.24, 2.45) is 40.9 Å². The maximum absolute atomic E-state index is 10.9. The third kappa shape index (κ3) is 4.30. The van der Waals surface area contributed by atoms with E-state index in [0.717, 1.165) is 54.8 Å². The largest absolute Gasteiger partial charge is 0.390 e. The van der Waals surface area contributed by atoms with Crippen molar-refractivity contribution in [3.8, 4) is 0 Å². The summed E-state index contributed by atoms with van der Waals surface area (Å²) in [5.74, 6) is 5.21. The second-order valence-electron chi connectivity index (χ2n) is 12.4. The minimum absolute atomic E-state index is 0.511. The van der Waals surface area contributed by atoms with Crippen LogP contribution in [0.5, 0.6) is 0 Å². The van der Waals surface area contributed by atoms with Gasteiger partial charge in [0.05, 0.1) is 17.8 Å². The molecule has 0 radical (unpaired) electrons. The average molecular weight is 407 g/mol. The molecule has 0 amide bonds. The predicted octanol–water partition coefficient (Wildman–Crippen LogP) is 5.57. The zero-order valence-electron chi connectivity index (χ0n) is 19.5. The molecule has 0 aliphatic heterocycles. The molecule has 2 N–H and O–H groups in total. The van der Waals surface area contributed by atoms with E-state index in [1.54, 1.807) is 7.11 Å². The summed E-state index contributed by atoms with van der Waals surface area (Å²) in [6.45, 7) is 7.04. The molecule has 0 aromatic heterocycles. The fourth-order valence-electron chi connectivity index (χ4n) is 8.73. The van der Waals surface area contributed by atoms with Crippen LogP contribution >= 0.6 is 0 Å². The highest BCUT2D eigenvalue weighted by molar-refractivity contribution is 5.07. The van der Waals surface area contributed by atoms with Gasteiger partial charge in [-0.3, -0.25) is 0 Å². The number of fused-ring (bicyclic) bond motifs is 5. The van der Waals surface area contributed by atoms with Crippen LogP contribution in [0.2, 0.25) is 0 Å². The van der Waals surface area contributed by atoms with Gasteiger partial charge in [-0.15, -0.1) is 0 Å². The van der Waals surface area contributed by atoms with Crippen LogP contribution in [0.25, 0.3) is 0 Å². The van der Waals surface area contributed by atoms with Crippen molar-refractivity contribution in [1.82, 2.24) is 0 Å². The highest BCUT2D eigenvalue weighted by Gasteiger charge is 2.57. The second-order valence-corrected chi connectivity index (χ2v) is 12.4. The summed E-state index contributed by atoms with van der Waals surface area (Å²) >= 11 is 0. The molecule has 0 saturated heterocycles. The Balaban J connectivity index is 1.40. The molecule has 4 rings (SSSR count). The first-order valence-electron chi connectivity index (χ1n) is 12.6. The van der Waals surface area contributed by atoms with Crippen molar-refractivity contribution in [3.05, 3.63) is 0 Å². The molecule has 3 nitrogen and oxygen atoms in total. The zero-order valence-corrected chi connectivity index (χ0v) is 19.5. The van der Waals surface area contributed by atoms with Crippen LogP contribution in [0, 0.1) is 40.9 Å². The lowest BCUT2D eigenvalue weighted by Gasteiger charge is -2.57. The van der Waals surface area contributed by atoms with Gasteiger partial charge in [0.1, 0.15) is 0 Å². The van der Waals surface area contributed by atoms with E-state index in [4.69, 9.17) is 4.74 Å². The van der Waals surface area contributed by atoms with Gasteiger partial charge in [0.15, 0.2) is 0 Å². The second kappa shape index (κ2) is 8.10. The minimum atomic E-state index is -0.565. The third-order valence-electron chi connectivity index (χ3n) is 10.1. The molecule has 0 heterocycles. The first-order valence-corrected chi connectivity index (χ1v) is 12.6. The van der Waals surface area contributed by atoms with Crippen molar-refractivity contribution in [2.75, 3.05) is 13.7 Å². The number of hydrogen-bond acceptors (Lipinski definition) is 3. The molecule has 4 fully saturated rings. The molecule has 4 saturated carbocycles. The molecule has 8 atom stereocenters. The van der Waals surface area contributed by atoms with Gasteiger partial charge in [-0.1, -0.05) is 13.3 Å². The summed E-state index contributed by atoms with van der Waals surface area (Å²) in [6, 6.07) is 0. The molecule has 0 aromatic rings. The van der Waals surface area contributed by atoms with Crippen LogP contribution in [0.1, 0.15) is 97.8 Å². The van der Waals surface area contributed by atoms with Crippen molar-refractivity contribution in [1.29, 1.82) is 0 Å². The Labute approximate surface area is 179 Å². The molecule has 3 heteroatoms. The van der Waals surface area contributed by atoms with Crippen LogP contribution in [0.4, 0.5) is 0 Å². The number of aliphatic hydroxyl groups is 2. The Morgan fingerprint density at radius 2 is 1.72 bits per heavy atom. The van der Waals surface area contributed by atoms with Gasteiger partial charge in [0.25, 0.3) is 0 Å². The summed E-state index contributed by atoms with van der Waals surface area (Å²) in [5, 5.41) is 21.0. The summed E-state index contributed by atoms with van der Waals surface area (Å²) < 4.78 is 5.34. The number of rotatable bonds is 6.